The Morgan fingerprint density at radius 3 is 2.53 bits per heavy atom. The molecular weight excluding hydrogens is 286 g/mol. The first-order valence-electron chi connectivity index (χ1n) is 5.27. The first kappa shape index (κ1) is 14.0. The number of hydrogen-bond donors (Lipinski definition) is 2. The Morgan fingerprint density at radius 1 is 1.47 bits per heavy atom. The maximum atomic E-state index is 11.5. The van der Waals surface area contributed by atoms with Gasteiger partial charge in [-0.15, -0.1) is 0 Å². The number of ether oxygens (including phenoxy) is 1. The fourth-order valence-electron chi connectivity index (χ4n) is 1.25. The smallest absolute Gasteiger partial charge is 0.236 e. The maximum absolute atomic E-state index is 11.5. The van der Waals surface area contributed by atoms with Crippen LogP contribution in [0.15, 0.2) is 24.3 Å². The summed E-state index contributed by atoms with van der Waals surface area (Å²) >= 11 is 3.12. The van der Waals surface area contributed by atoms with Gasteiger partial charge in [0.05, 0.1) is 13.2 Å². The Morgan fingerprint density at radius 2 is 2.06 bits per heavy atom. The number of aliphatic hydroxyl groups excluding tert-OH is 1. The van der Waals surface area contributed by atoms with Crippen molar-refractivity contribution in [2.75, 3.05) is 7.11 Å². The van der Waals surface area contributed by atoms with Crippen LogP contribution in [0.5, 0.6) is 5.75 Å². The minimum absolute atomic E-state index is 0.226. The molecule has 0 aliphatic rings. The Kier molecular flexibility index (Phi) is 5.44. The van der Waals surface area contributed by atoms with E-state index in [2.05, 4.69) is 21.2 Å². The van der Waals surface area contributed by atoms with Crippen molar-refractivity contribution >= 4 is 21.8 Å². The maximum Gasteiger partial charge on any atom is 0.236 e. The van der Waals surface area contributed by atoms with Gasteiger partial charge in [0.2, 0.25) is 5.91 Å². The SMILES string of the molecule is COc1ccc(CNC(=O)[C@H](Br)[C@@H](C)O)cc1. The molecule has 0 aliphatic carbocycles. The average Bonchev–Trinajstić information content (AvgIpc) is 2.35. The molecule has 0 radical (unpaired) electrons. The molecular formula is C12H16BrNO3. The van der Waals surface area contributed by atoms with Gasteiger partial charge >= 0.3 is 0 Å². The number of hydrogen-bond acceptors (Lipinski definition) is 3. The van der Waals surface area contributed by atoms with Crippen LogP contribution in [0.2, 0.25) is 0 Å². The summed E-state index contributed by atoms with van der Waals surface area (Å²) in [6, 6.07) is 7.43. The van der Waals surface area contributed by atoms with Crippen molar-refractivity contribution in [3.05, 3.63) is 29.8 Å². The van der Waals surface area contributed by atoms with E-state index < -0.39 is 10.9 Å². The average molecular weight is 302 g/mol. The van der Waals surface area contributed by atoms with E-state index in [0.717, 1.165) is 11.3 Å². The Hall–Kier alpha value is -1.07. The molecule has 0 saturated carbocycles. The fraction of sp³-hybridized carbons (Fsp3) is 0.417. The third-order valence-electron chi connectivity index (χ3n) is 2.30. The predicted molar refractivity (Wildman–Crippen MR) is 69.2 cm³/mol. The Labute approximate surface area is 109 Å². The van der Waals surface area contributed by atoms with Crippen molar-refractivity contribution in [3.8, 4) is 5.75 Å². The van der Waals surface area contributed by atoms with Gasteiger partial charge in [0, 0.05) is 6.54 Å². The van der Waals surface area contributed by atoms with Gasteiger partial charge in [-0.3, -0.25) is 4.79 Å². The van der Waals surface area contributed by atoms with Crippen molar-refractivity contribution in [1.29, 1.82) is 0 Å². The number of rotatable bonds is 5. The Balaban J connectivity index is 2.47. The van der Waals surface area contributed by atoms with Gasteiger partial charge in [-0.25, -0.2) is 0 Å². The summed E-state index contributed by atoms with van der Waals surface area (Å²) in [6.07, 6.45) is -0.717. The van der Waals surface area contributed by atoms with Crippen LogP contribution in [0, 0.1) is 0 Å². The number of carbonyl (C=O) groups is 1. The molecule has 0 bridgehead atoms. The number of carbonyl (C=O) groups excluding carboxylic acids is 1. The van der Waals surface area contributed by atoms with Crippen LogP contribution in [-0.4, -0.2) is 29.1 Å². The topological polar surface area (TPSA) is 58.6 Å². The molecule has 0 fully saturated rings. The van der Waals surface area contributed by atoms with E-state index in [1.807, 2.05) is 24.3 Å². The molecule has 2 atom stereocenters. The van der Waals surface area contributed by atoms with Crippen molar-refractivity contribution < 1.29 is 14.6 Å². The van der Waals surface area contributed by atoms with E-state index in [4.69, 9.17) is 4.74 Å². The molecule has 1 aromatic rings. The molecule has 0 heterocycles. The van der Waals surface area contributed by atoms with Crippen LogP contribution in [0.4, 0.5) is 0 Å². The van der Waals surface area contributed by atoms with Gasteiger partial charge in [-0.2, -0.15) is 0 Å². The highest BCUT2D eigenvalue weighted by atomic mass is 79.9. The fourth-order valence-corrected chi connectivity index (χ4v) is 1.41. The highest BCUT2D eigenvalue weighted by molar-refractivity contribution is 9.10. The number of amides is 1. The normalized spacial score (nSPS) is 13.9. The van der Waals surface area contributed by atoms with E-state index >= 15 is 0 Å². The van der Waals surface area contributed by atoms with Crippen LogP contribution < -0.4 is 10.1 Å². The molecule has 0 aromatic heterocycles. The van der Waals surface area contributed by atoms with Crippen LogP contribution in [0.25, 0.3) is 0 Å². The van der Waals surface area contributed by atoms with E-state index in [0.29, 0.717) is 6.54 Å². The third kappa shape index (κ3) is 4.36. The van der Waals surface area contributed by atoms with Gasteiger partial charge in [-0.05, 0) is 24.6 Å². The second-order valence-corrected chi connectivity index (χ2v) is 4.69. The standard InChI is InChI=1S/C12H16BrNO3/c1-8(15)11(13)12(16)14-7-9-3-5-10(17-2)6-4-9/h3-6,8,11,15H,7H2,1-2H3,(H,14,16)/t8-,11-/m1/s1. The molecule has 1 aromatic carbocycles. The number of methoxy groups -OCH3 is 1. The lowest BCUT2D eigenvalue weighted by molar-refractivity contribution is -0.122. The zero-order valence-corrected chi connectivity index (χ0v) is 11.4. The van der Waals surface area contributed by atoms with Crippen molar-refractivity contribution in [3.63, 3.8) is 0 Å². The van der Waals surface area contributed by atoms with Crippen molar-refractivity contribution in [2.24, 2.45) is 0 Å². The van der Waals surface area contributed by atoms with Gasteiger partial charge in [0.15, 0.2) is 0 Å². The summed E-state index contributed by atoms with van der Waals surface area (Å²) in [5, 5.41) is 12.0. The lowest BCUT2D eigenvalue weighted by atomic mass is 10.2. The molecule has 0 aliphatic heterocycles. The van der Waals surface area contributed by atoms with Crippen molar-refractivity contribution in [1.82, 2.24) is 5.32 Å². The first-order valence-corrected chi connectivity index (χ1v) is 6.19. The van der Waals surface area contributed by atoms with Crippen LogP contribution in [0.3, 0.4) is 0 Å². The van der Waals surface area contributed by atoms with E-state index in [1.165, 1.54) is 0 Å². The summed E-state index contributed by atoms with van der Waals surface area (Å²) in [6.45, 7) is 1.99. The summed E-state index contributed by atoms with van der Waals surface area (Å²) < 4.78 is 5.04. The minimum atomic E-state index is -0.717. The minimum Gasteiger partial charge on any atom is -0.497 e. The van der Waals surface area contributed by atoms with E-state index in [1.54, 1.807) is 14.0 Å². The highest BCUT2D eigenvalue weighted by Gasteiger charge is 2.19. The quantitative estimate of drug-likeness (QED) is 0.810. The molecule has 94 valence electrons. The number of benzene rings is 1. The van der Waals surface area contributed by atoms with Crippen LogP contribution >= 0.6 is 15.9 Å². The van der Waals surface area contributed by atoms with Gasteiger partial charge in [0.1, 0.15) is 10.6 Å². The number of alkyl halides is 1. The second kappa shape index (κ2) is 6.61. The zero-order valence-electron chi connectivity index (χ0n) is 9.81. The molecule has 1 amide bonds. The molecule has 1 rings (SSSR count). The summed E-state index contributed by atoms with van der Waals surface area (Å²) in [7, 11) is 1.61. The van der Waals surface area contributed by atoms with Gasteiger partial charge < -0.3 is 15.2 Å². The molecule has 4 nitrogen and oxygen atoms in total. The van der Waals surface area contributed by atoms with Crippen molar-refractivity contribution in [2.45, 2.75) is 24.4 Å². The molecule has 0 saturated heterocycles. The summed E-state index contributed by atoms with van der Waals surface area (Å²) in [5.74, 6) is 0.554. The number of aliphatic hydroxyl groups is 1. The van der Waals surface area contributed by atoms with Crippen LogP contribution in [0.1, 0.15) is 12.5 Å². The lowest BCUT2D eigenvalue weighted by Crippen LogP contribution is -2.36. The third-order valence-corrected chi connectivity index (χ3v) is 3.48. The molecule has 2 N–H and O–H groups in total. The van der Waals surface area contributed by atoms with Crippen LogP contribution in [-0.2, 0) is 11.3 Å². The van der Waals surface area contributed by atoms with E-state index in [9.17, 15) is 9.90 Å². The zero-order chi connectivity index (χ0) is 12.8. The van der Waals surface area contributed by atoms with E-state index in [-0.39, 0.29) is 5.91 Å². The summed E-state index contributed by atoms with van der Waals surface area (Å²) in [4.78, 5) is 11.0. The van der Waals surface area contributed by atoms with Gasteiger partial charge in [-0.1, -0.05) is 28.1 Å². The second-order valence-electron chi connectivity index (χ2n) is 3.71. The Bertz CT molecular complexity index is 365. The predicted octanol–water partition coefficient (Wildman–Crippen LogP) is 1.46. The highest BCUT2D eigenvalue weighted by Crippen LogP contribution is 2.11. The van der Waals surface area contributed by atoms with Gasteiger partial charge in [0.25, 0.3) is 0 Å². The number of nitrogens with one attached hydrogen (secondary N) is 1. The summed E-state index contributed by atoms with van der Waals surface area (Å²) in [5.41, 5.74) is 0.976. The monoisotopic (exact) mass is 301 g/mol. The lowest BCUT2D eigenvalue weighted by Gasteiger charge is -2.13. The molecule has 0 unspecified atom stereocenters. The molecule has 0 spiro atoms. The molecule has 5 heteroatoms. The first-order chi connectivity index (χ1) is 8.04. The number of halogens is 1. The molecule has 17 heavy (non-hydrogen) atoms. The largest absolute Gasteiger partial charge is 0.497 e.